The first-order chi connectivity index (χ1) is 9.94. The van der Waals surface area contributed by atoms with E-state index in [1.165, 1.54) is 17.3 Å². The van der Waals surface area contributed by atoms with E-state index in [2.05, 4.69) is 15.6 Å². The molecule has 0 spiro atoms. The summed E-state index contributed by atoms with van der Waals surface area (Å²) in [7, 11) is 1.59. The number of anilines is 1. The number of carbonyl (C=O) groups is 1. The summed E-state index contributed by atoms with van der Waals surface area (Å²) in [5.74, 6) is 0.659. The van der Waals surface area contributed by atoms with Crippen LogP contribution in [0.5, 0.6) is 0 Å². The highest BCUT2D eigenvalue weighted by molar-refractivity contribution is 5.88. The Kier molecular flexibility index (Phi) is 4.51. The van der Waals surface area contributed by atoms with Crippen molar-refractivity contribution in [2.24, 2.45) is 0 Å². The fraction of sp³-hybridized carbons (Fsp3) is 0.417. The zero-order valence-corrected chi connectivity index (χ0v) is 11.6. The summed E-state index contributed by atoms with van der Waals surface area (Å²) < 4.78 is 30.4. The third kappa shape index (κ3) is 4.26. The maximum Gasteiger partial charge on any atom is 0.322 e. The molecule has 0 aliphatic heterocycles. The van der Waals surface area contributed by atoms with Gasteiger partial charge in [-0.3, -0.25) is 4.68 Å². The first kappa shape index (κ1) is 14.9. The minimum atomic E-state index is -2.49. The van der Waals surface area contributed by atoms with Crippen molar-refractivity contribution in [2.45, 2.75) is 26.4 Å². The fourth-order valence-electron chi connectivity index (χ4n) is 1.70. The van der Waals surface area contributed by atoms with E-state index in [1.807, 2.05) is 0 Å². The molecule has 2 heterocycles. The van der Waals surface area contributed by atoms with Crippen molar-refractivity contribution in [3.05, 3.63) is 29.9 Å². The molecule has 21 heavy (non-hydrogen) atoms. The molecular weight excluding hydrogens is 284 g/mol. The van der Waals surface area contributed by atoms with Crippen LogP contribution in [0.2, 0.25) is 0 Å². The number of halogens is 2. The lowest BCUT2D eigenvalue weighted by Crippen LogP contribution is -2.30. The lowest BCUT2D eigenvalue weighted by molar-refractivity contribution is 0.122. The van der Waals surface area contributed by atoms with Crippen LogP contribution in [0.4, 0.5) is 19.3 Å². The number of carbonyl (C=O) groups excluding carboxylic acids is 1. The van der Waals surface area contributed by atoms with Crippen molar-refractivity contribution in [2.75, 3.05) is 12.4 Å². The summed E-state index contributed by atoms with van der Waals surface area (Å²) in [5, 5.41) is 10.1. The van der Waals surface area contributed by atoms with E-state index in [0.29, 0.717) is 17.1 Å². The van der Waals surface area contributed by atoms with Gasteiger partial charge < -0.3 is 14.7 Å². The van der Waals surface area contributed by atoms with Crippen LogP contribution in [0, 0.1) is 6.92 Å². The van der Waals surface area contributed by atoms with Crippen molar-refractivity contribution < 1.29 is 18.1 Å². The zero-order chi connectivity index (χ0) is 15.4. The number of alkyl halides is 2. The number of nitrogens with one attached hydrogen (secondary N) is 1. The minimum absolute atomic E-state index is 0.272. The van der Waals surface area contributed by atoms with Gasteiger partial charge in [-0.1, -0.05) is 5.16 Å². The molecule has 0 unspecified atom stereocenters. The number of amides is 2. The number of rotatable bonds is 5. The Balaban J connectivity index is 1.89. The predicted octanol–water partition coefficient (Wildman–Crippen LogP) is 2.11. The second-order valence-corrected chi connectivity index (χ2v) is 4.56. The molecule has 0 saturated carbocycles. The van der Waals surface area contributed by atoms with Gasteiger partial charge in [-0.15, -0.1) is 0 Å². The normalized spacial score (nSPS) is 10.9. The van der Waals surface area contributed by atoms with Crippen LogP contribution in [0.25, 0.3) is 0 Å². The second-order valence-electron chi connectivity index (χ2n) is 4.56. The van der Waals surface area contributed by atoms with Gasteiger partial charge in [0, 0.05) is 19.3 Å². The number of hydrogen-bond donors (Lipinski definition) is 1. The first-order valence-electron chi connectivity index (χ1n) is 6.19. The van der Waals surface area contributed by atoms with E-state index >= 15 is 0 Å². The van der Waals surface area contributed by atoms with E-state index < -0.39 is 19.0 Å². The third-order valence-corrected chi connectivity index (χ3v) is 2.63. The van der Waals surface area contributed by atoms with Gasteiger partial charge in [0.05, 0.1) is 18.4 Å². The molecule has 9 heteroatoms. The number of hydrogen-bond acceptors (Lipinski definition) is 4. The van der Waals surface area contributed by atoms with Gasteiger partial charge >= 0.3 is 6.03 Å². The molecule has 7 nitrogen and oxygen atoms in total. The standard InChI is InChI=1S/C12H15F2N5O2/c1-8-3-9(17-21-8)5-18(2)12(20)16-10-4-15-19(6-10)7-11(13)14/h3-4,6,11H,5,7H2,1-2H3,(H,16,20). The van der Waals surface area contributed by atoms with Crippen LogP contribution in [0.3, 0.4) is 0 Å². The summed E-state index contributed by atoms with van der Waals surface area (Å²) in [5.41, 5.74) is 0.974. The average Bonchev–Trinajstić information content (AvgIpc) is 2.98. The SMILES string of the molecule is Cc1cc(CN(C)C(=O)Nc2cnn(CC(F)F)c2)no1. The van der Waals surface area contributed by atoms with E-state index in [0.717, 1.165) is 4.68 Å². The molecular formula is C12H15F2N5O2. The van der Waals surface area contributed by atoms with Crippen LogP contribution in [-0.4, -0.2) is 39.3 Å². The Bertz CT molecular complexity index is 610. The molecule has 0 atom stereocenters. The summed E-state index contributed by atoms with van der Waals surface area (Å²) >= 11 is 0. The number of urea groups is 1. The van der Waals surface area contributed by atoms with Crippen LogP contribution in [0.1, 0.15) is 11.5 Å². The Hall–Kier alpha value is -2.45. The fourth-order valence-corrected chi connectivity index (χ4v) is 1.70. The number of nitrogens with zero attached hydrogens (tertiary/aromatic N) is 4. The highest BCUT2D eigenvalue weighted by Gasteiger charge is 2.13. The van der Waals surface area contributed by atoms with E-state index in [4.69, 9.17) is 4.52 Å². The zero-order valence-electron chi connectivity index (χ0n) is 11.6. The van der Waals surface area contributed by atoms with Crippen LogP contribution >= 0.6 is 0 Å². The first-order valence-corrected chi connectivity index (χ1v) is 6.19. The van der Waals surface area contributed by atoms with Crippen molar-refractivity contribution in [1.82, 2.24) is 19.8 Å². The predicted molar refractivity (Wildman–Crippen MR) is 70.0 cm³/mol. The van der Waals surface area contributed by atoms with Crippen molar-refractivity contribution >= 4 is 11.7 Å². The summed E-state index contributed by atoms with van der Waals surface area (Å²) in [6, 6.07) is 1.33. The van der Waals surface area contributed by atoms with Gasteiger partial charge in [0.15, 0.2) is 0 Å². The number of aromatic nitrogens is 3. The Morgan fingerprint density at radius 3 is 2.95 bits per heavy atom. The van der Waals surface area contributed by atoms with Gasteiger partial charge in [-0.2, -0.15) is 5.10 Å². The van der Waals surface area contributed by atoms with Crippen molar-refractivity contribution in [3.8, 4) is 0 Å². The lowest BCUT2D eigenvalue weighted by atomic mass is 10.3. The molecule has 0 fully saturated rings. The van der Waals surface area contributed by atoms with Gasteiger partial charge in [-0.25, -0.2) is 13.6 Å². The quantitative estimate of drug-likeness (QED) is 0.917. The number of aryl methyl sites for hydroxylation is 1. The summed E-state index contributed by atoms with van der Waals surface area (Å²) in [4.78, 5) is 13.3. The monoisotopic (exact) mass is 299 g/mol. The molecule has 0 aromatic carbocycles. The van der Waals surface area contributed by atoms with Gasteiger partial charge in [0.25, 0.3) is 6.43 Å². The molecule has 0 bridgehead atoms. The van der Waals surface area contributed by atoms with E-state index in [-0.39, 0.29) is 6.54 Å². The maximum absolute atomic E-state index is 12.2. The van der Waals surface area contributed by atoms with Crippen molar-refractivity contribution in [1.29, 1.82) is 0 Å². The van der Waals surface area contributed by atoms with E-state index in [1.54, 1.807) is 20.0 Å². The highest BCUT2D eigenvalue weighted by Crippen LogP contribution is 2.09. The largest absolute Gasteiger partial charge is 0.361 e. The van der Waals surface area contributed by atoms with Gasteiger partial charge in [0.1, 0.15) is 18.0 Å². The van der Waals surface area contributed by atoms with Crippen LogP contribution < -0.4 is 5.32 Å². The summed E-state index contributed by atoms with van der Waals surface area (Å²) in [6.07, 6.45) is 0.165. The molecule has 2 rings (SSSR count). The molecule has 0 saturated heterocycles. The van der Waals surface area contributed by atoms with E-state index in [9.17, 15) is 13.6 Å². The molecule has 0 aliphatic rings. The van der Waals surface area contributed by atoms with Gasteiger partial charge in [-0.05, 0) is 6.92 Å². The molecule has 0 aliphatic carbocycles. The average molecular weight is 299 g/mol. The second kappa shape index (κ2) is 6.33. The lowest BCUT2D eigenvalue weighted by Gasteiger charge is -2.15. The smallest absolute Gasteiger partial charge is 0.322 e. The molecule has 2 aromatic rings. The Morgan fingerprint density at radius 2 is 2.33 bits per heavy atom. The Labute approximate surface area is 119 Å². The Morgan fingerprint density at radius 1 is 1.57 bits per heavy atom. The van der Waals surface area contributed by atoms with Crippen molar-refractivity contribution in [3.63, 3.8) is 0 Å². The molecule has 2 aromatic heterocycles. The van der Waals surface area contributed by atoms with Crippen LogP contribution in [0.15, 0.2) is 23.0 Å². The van der Waals surface area contributed by atoms with Gasteiger partial charge in [0.2, 0.25) is 0 Å². The highest BCUT2D eigenvalue weighted by atomic mass is 19.3. The topological polar surface area (TPSA) is 76.2 Å². The summed E-state index contributed by atoms with van der Waals surface area (Å²) in [6.45, 7) is 1.52. The van der Waals surface area contributed by atoms with Crippen LogP contribution in [-0.2, 0) is 13.1 Å². The third-order valence-electron chi connectivity index (χ3n) is 2.63. The maximum atomic E-state index is 12.2. The molecule has 1 N–H and O–H groups in total. The molecule has 114 valence electrons. The molecule has 0 radical (unpaired) electrons. The molecule has 2 amide bonds. The minimum Gasteiger partial charge on any atom is -0.361 e.